The Bertz CT molecular complexity index is 3140. The molecule has 0 saturated carbocycles. The molecule has 1 aromatic heterocycles. The van der Waals surface area contributed by atoms with E-state index in [0.29, 0.717) is 12.1 Å². The number of carbonyl (C=O) groups excluding carboxylic acids is 3. The number of aromatic nitrogens is 1. The molecule has 5 bridgehead atoms. The molecule has 5 heterocycles. The number of fused-ring (bicyclic) bond motifs is 15. The first-order valence-electron chi connectivity index (χ1n) is 24.6. The SMILES string of the molecule is CCn1cc(C(=O)O)c(=O)c2cc(F)c(N3CCN(N=Cc4c5c(O)c6c(O)c(C)c7c(c6c4O)C(=O)[C@@](C)(OC=C[C@H](OC)[C@@H](C)[C@@H](OC(C)=O)[C@H](C)[C@H](O)[C@H](C)[C@@H](O)[C@@H](C)C=CC=C(C)C(=O)N5)O7)CC3)cc21. The van der Waals surface area contributed by atoms with E-state index in [1.165, 1.54) is 65.3 Å². The number of phenolic OH excluding ortho intramolecular Hbond substituents is 3. The second-order valence-electron chi connectivity index (χ2n) is 19.6. The molecule has 20 nitrogen and oxygen atoms in total. The second-order valence-corrected chi connectivity index (χ2v) is 19.6. The van der Waals surface area contributed by atoms with Crippen LogP contribution in [0.2, 0.25) is 0 Å². The Balaban J connectivity index is 1.30. The second kappa shape index (κ2) is 21.8. The smallest absolute Gasteiger partial charge is 0.341 e. The number of aryl methyl sites for hydroxylation is 1. The summed E-state index contributed by atoms with van der Waals surface area (Å²) in [6.45, 7) is 15.0. The minimum Gasteiger partial charge on any atom is -0.507 e. The number of allylic oxidation sites excluding steroid dienone is 2. The van der Waals surface area contributed by atoms with E-state index in [-0.39, 0.29) is 76.3 Å². The summed E-state index contributed by atoms with van der Waals surface area (Å²) < 4.78 is 41.0. The molecular formula is C54H64FN5O15. The van der Waals surface area contributed by atoms with Crippen LogP contribution in [0.5, 0.6) is 23.0 Å². The van der Waals surface area contributed by atoms with Crippen molar-refractivity contribution >= 4 is 62.9 Å². The predicted molar refractivity (Wildman–Crippen MR) is 276 cm³/mol. The Morgan fingerprint density at radius 2 is 1.63 bits per heavy atom. The monoisotopic (exact) mass is 1040 g/mol. The number of phenols is 3. The largest absolute Gasteiger partial charge is 0.507 e. The molecule has 0 unspecified atom stereocenters. The number of aromatic hydroxyl groups is 3. The number of piperazine rings is 1. The van der Waals surface area contributed by atoms with Gasteiger partial charge in [-0.05, 0) is 39.0 Å². The summed E-state index contributed by atoms with van der Waals surface area (Å²) in [6, 6.07) is 2.53. The van der Waals surface area contributed by atoms with E-state index >= 15 is 4.39 Å². The molecule has 1 amide bonds. The topological polar surface area (TPSA) is 279 Å². The summed E-state index contributed by atoms with van der Waals surface area (Å²) >= 11 is 0. The number of aliphatic hydroxyl groups is 2. The Kier molecular flexibility index (Phi) is 16.0. The zero-order valence-corrected chi connectivity index (χ0v) is 43.4. The zero-order valence-electron chi connectivity index (χ0n) is 43.4. The number of pyridine rings is 1. The predicted octanol–water partition coefficient (Wildman–Crippen LogP) is 6.08. The molecule has 75 heavy (non-hydrogen) atoms. The van der Waals surface area contributed by atoms with E-state index in [0.717, 1.165) is 18.5 Å². The van der Waals surface area contributed by atoms with Gasteiger partial charge in [0, 0.05) is 92.4 Å². The fourth-order valence-electron chi connectivity index (χ4n) is 10.1. The van der Waals surface area contributed by atoms with Crippen LogP contribution < -0.4 is 20.4 Å². The van der Waals surface area contributed by atoms with Crippen LogP contribution in [0, 0.1) is 36.4 Å². The first-order chi connectivity index (χ1) is 35.4. The molecule has 1 saturated heterocycles. The highest BCUT2D eigenvalue weighted by Gasteiger charge is 2.50. The van der Waals surface area contributed by atoms with Gasteiger partial charge in [0.15, 0.2) is 5.75 Å². The number of aromatic carboxylic acids is 1. The summed E-state index contributed by atoms with van der Waals surface area (Å²) in [6.07, 6.45) is 5.51. The Morgan fingerprint density at radius 1 is 0.947 bits per heavy atom. The number of hydrogen-bond acceptors (Lipinski definition) is 17. The molecule has 402 valence electrons. The highest BCUT2D eigenvalue weighted by atomic mass is 19.1. The van der Waals surface area contributed by atoms with Gasteiger partial charge in [0.05, 0.1) is 77.3 Å². The lowest BCUT2D eigenvalue weighted by Crippen LogP contribution is -2.46. The molecule has 4 aliphatic rings. The van der Waals surface area contributed by atoms with Crippen molar-refractivity contribution < 1.29 is 73.2 Å². The molecule has 8 rings (SSSR count). The van der Waals surface area contributed by atoms with E-state index in [1.54, 1.807) is 55.2 Å². The van der Waals surface area contributed by atoms with Crippen LogP contribution >= 0.6 is 0 Å². The quantitative estimate of drug-likeness (QED) is 0.0478. The number of halogens is 1. The number of nitrogens with one attached hydrogen (secondary N) is 1. The third-order valence-electron chi connectivity index (χ3n) is 14.7. The van der Waals surface area contributed by atoms with Crippen LogP contribution in [0.4, 0.5) is 15.8 Å². The number of ketones is 1. The van der Waals surface area contributed by atoms with E-state index in [1.807, 2.05) is 0 Å². The van der Waals surface area contributed by atoms with Crippen LogP contribution in [0.15, 0.2) is 64.4 Å². The maximum atomic E-state index is 15.8. The number of methoxy groups -OCH3 is 1. The summed E-state index contributed by atoms with van der Waals surface area (Å²) in [7, 11) is 1.41. The van der Waals surface area contributed by atoms with Crippen molar-refractivity contribution in [3.63, 3.8) is 0 Å². The lowest BCUT2D eigenvalue weighted by atomic mass is 9.78. The third kappa shape index (κ3) is 10.4. The molecule has 7 N–H and O–H groups in total. The number of amides is 1. The average molecular weight is 1040 g/mol. The number of carboxylic acids is 1. The summed E-state index contributed by atoms with van der Waals surface area (Å²) in [5.74, 6) is -11.4. The lowest BCUT2D eigenvalue weighted by molar-refractivity contribution is -0.160. The van der Waals surface area contributed by atoms with E-state index in [9.17, 15) is 54.6 Å². The number of carbonyl (C=O) groups is 4. The Hall–Kier alpha value is -7.49. The molecule has 4 aliphatic heterocycles. The molecule has 4 aromatic rings. The molecule has 3 aromatic carbocycles. The molecule has 21 heteroatoms. The maximum Gasteiger partial charge on any atom is 0.341 e. The molecule has 1 fully saturated rings. The van der Waals surface area contributed by atoms with Gasteiger partial charge in [-0.3, -0.25) is 24.2 Å². The van der Waals surface area contributed by atoms with Crippen molar-refractivity contribution in [1.29, 1.82) is 0 Å². The maximum absolute atomic E-state index is 15.8. The van der Waals surface area contributed by atoms with Crippen molar-refractivity contribution in [2.75, 3.05) is 43.5 Å². The van der Waals surface area contributed by atoms with Crippen molar-refractivity contribution in [3.8, 4) is 23.0 Å². The van der Waals surface area contributed by atoms with Crippen LogP contribution in [0.1, 0.15) is 87.2 Å². The van der Waals surface area contributed by atoms with Crippen molar-refractivity contribution in [1.82, 2.24) is 9.58 Å². The average Bonchev–Trinajstić information content (AvgIpc) is 3.64. The van der Waals surface area contributed by atoms with Gasteiger partial charge in [0.25, 0.3) is 11.7 Å². The third-order valence-corrected chi connectivity index (χ3v) is 14.7. The Morgan fingerprint density at radius 3 is 2.25 bits per heavy atom. The van der Waals surface area contributed by atoms with Crippen molar-refractivity contribution in [3.05, 3.63) is 92.8 Å². The van der Waals surface area contributed by atoms with Crippen LogP contribution in [-0.4, -0.2) is 134 Å². The molecule has 9 atom stereocenters. The van der Waals surface area contributed by atoms with E-state index < -0.39 is 117 Å². The minimum absolute atomic E-state index is 0.0170. The number of rotatable bonds is 7. The Labute approximate surface area is 431 Å². The number of hydrogen-bond donors (Lipinski definition) is 7. The van der Waals surface area contributed by atoms with Gasteiger partial charge in [-0.1, -0.05) is 45.9 Å². The van der Waals surface area contributed by atoms with Gasteiger partial charge >= 0.3 is 17.7 Å². The highest BCUT2D eigenvalue weighted by molar-refractivity contribution is 6.24. The van der Waals surface area contributed by atoms with Gasteiger partial charge in [0.2, 0.25) is 5.43 Å². The first kappa shape index (κ1) is 55.3. The van der Waals surface area contributed by atoms with E-state index in [4.69, 9.17) is 18.9 Å². The van der Waals surface area contributed by atoms with Crippen LogP contribution in [0.25, 0.3) is 21.7 Å². The number of hydrazone groups is 1. The number of esters is 1. The van der Waals surface area contributed by atoms with Gasteiger partial charge in [0.1, 0.15) is 34.7 Å². The van der Waals surface area contributed by atoms with Crippen LogP contribution in [-0.2, 0) is 30.3 Å². The number of aliphatic hydroxyl groups excluding tert-OH is 2. The fourth-order valence-corrected chi connectivity index (χ4v) is 10.1. The van der Waals surface area contributed by atoms with Gasteiger partial charge in [-0.25, -0.2) is 9.18 Å². The number of nitrogens with zero attached hydrogens (tertiary/aromatic N) is 4. The molecule has 0 spiro atoms. The van der Waals surface area contributed by atoms with Crippen molar-refractivity contribution in [2.24, 2.45) is 28.8 Å². The first-order valence-corrected chi connectivity index (χ1v) is 24.6. The van der Waals surface area contributed by atoms with Gasteiger partial charge in [-0.2, -0.15) is 5.10 Å². The van der Waals surface area contributed by atoms with Crippen LogP contribution in [0.3, 0.4) is 0 Å². The molecule has 0 aliphatic carbocycles. The normalized spacial score (nSPS) is 26.0. The van der Waals surface area contributed by atoms with Gasteiger partial charge in [-0.15, -0.1) is 0 Å². The summed E-state index contributed by atoms with van der Waals surface area (Å²) in [5, 5.41) is 76.9. The summed E-state index contributed by atoms with van der Waals surface area (Å²) in [4.78, 5) is 67.6. The van der Waals surface area contributed by atoms with Gasteiger partial charge < -0.3 is 64.4 Å². The number of Topliss-reactive ketones (excluding diaryl/α,β-unsaturated/α-hetero) is 1. The van der Waals surface area contributed by atoms with Crippen molar-refractivity contribution in [2.45, 2.75) is 99.1 Å². The minimum atomic E-state index is -2.14. The fraction of sp³-hybridized carbons (Fsp3) is 0.444. The molecule has 0 radical (unpaired) electrons. The number of ether oxygens (including phenoxy) is 4. The number of benzene rings is 3. The lowest BCUT2D eigenvalue weighted by Gasteiger charge is -2.38. The zero-order chi connectivity index (χ0) is 55.1. The summed E-state index contributed by atoms with van der Waals surface area (Å²) in [5.41, 5.74) is -1.64. The standard InChI is InChI=1S/C54H64FN5O15/c1-11-58-24-34(53(70)71)46(65)32-21-35(55)37(22-36(32)58)59-16-18-60(19-17-59)56-23-33-42-48(67)40-39(47(33)66)41-50(30(7)45(40)64)75-54(9,51(41)68)73-20-15-38(72-10)27(4)49(74-31(8)61)29(6)44(63)28(5)43(62)25(2)13-12-14-26(3)52(69)57-42/h12-15,20-25,27-29,38,43-44,49,62-64,66-67H,11,16-19H2,1-10H3,(H,57,69)(H,70,71)/t25-,27+,28+,29+,38-,43-,44+,49+,54-/m0/s1. The molecular weight excluding hydrogens is 978 g/mol. The van der Waals surface area contributed by atoms with E-state index in [2.05, 4.69) is 10.4 Å². The number of carboxylic acid groups (broad SMARTS) is 1. The highest BCUT2D eigenvalue weighted by Crippen LogP contribution is 2.55. The number of anilines is 2.